The Kier molecular flexibility index (Phi) is 9.65. The highest BCUT2D eigenvalue weighted by molar-refractivity contribution is 5.29. The molecule has 0 bridgehead atoms. The van der Waals surface area contributed by atoms with Crippen LogP contribution in [0, 0.1) is 17.3 Å². The lowest BCUT2D eigenvalue weighted by Gasteiger charge is -2.42. The summed E-state index contributed by atoms with van der Waals surface area (Å²) in [5.41, 5.74) is 3.72. The van der Waals surface area contributed by atoms with E-state index in [2.05, 4.69) is 25.7 Å². The molecule has 166 valence electrons. The summed E-state index contributed by atoms with van der Waals surface area (Å²) < 4.78 is 0. The SMILES string of the molecule is C=C1[C@H](O)CC(=C/C=C2\CCC[C@]3(C)[C@@H](CCCCCO)CC[C@@H]23)C[C@H]1O.CC. The fraction of sp³-hybridized carbons (Fsp3) is 0.769. The molecule has 3 saturated carbocycles. The summed E-state index contributed by atoms with van der Waals surface area (Å²) in [6.45, 7) is 10.6. The van der Waals surface area contributed by atoms with Crippen LogP contribution < -0.4 is 0 Å². The Labute approximate surface area is 178 Å². The van der Waals surface area contributed by atoms with E-state index in [4.69, 9.17) is 5.11 Å². The van der Waals surface area contributed by atoms with E-state index in [0.29, 0.717) is 36.4 Å². The molecular weight excluding hydrogens is 360 g/mol. The van der Waals surface area contributed by atoms with E-state index < -0.39 is 12.2 Å². The van der Waals surface area contributed by atoms with Crippen LogP contribution in [0.15, 0.2) is 35.5 Å². The average molecular weight is 405 g/mol. The first kappa shape index (κ1) is 24.4. The number of hydrogen-bond acceptors (Lipinski definition) is 3. The van der Waals surface area contributed by atoms with Crippen LogP contribution in [0.5, 0.6) is 0 Å². The van der Waals surface area contributed by atoms with E-state index in [0.717, 1.165) is 24.3 Å². The van der Waals surface area contributed by atoms with Crippen molar-refractivity contribution in [2.75, 3.05) is 6.61 Å². The molecule has 3 fully saturated rings. The molecule has 3 heteroatoms. The normalized spacial score (nSPS) is 35.9. The zero-order valence-electron chi connectivity index (χ0n) is 19.0. The van der Waals surface area contributed by atoms with Crippen molar-refractivity contribution in [1.82, 2.24) is 0 Å². The molecule has 0 spiro atoms. The van der Waals surface area contributed by atoms with Gasteiger partial charge in [-0.1, -0.05) is 63.5 Å². The third-order valence-electron chi connectivity index (χ3n) is 7.67. The van der Waals surface area contributed by atoms with E-state index in [1.165, 1.54) is 44.9 Å². The summed E-state index contributed by atoms with van der Waals surface area (Å²) >= 11 is 0. The van der Waals surface area contributed by atoms with Gasteiger partial charge in [-0.15, -0.1) is 0 Å². The lowest BCUT2D eigenvalue weighted by atomic mass is 9.62. The maximum absolute atomic E-state index is 10.1. The molecule has 3 N–H and O–H groups in total. The van der Waals surface area contributed by atoms with Crippen molar-refractivity contribution in [2.24, 2.45) is 17.3 Å². The Bertz CT molecular complexity index is 575. The summed E-state index contributed by atoms with van der Waals surface area (Å²) in [7, 11) is 0. The monoisotopic (exact) mass is 404 g/mol. The van der Waals surface area contributed by atoms with Crippen molar-refractivity contribution in [3.05, 3.63) is 35.5 Å². The molecule has 0 unspecified atom stereocenters. The van der Waals surface area contributed by atoms with Gasteiger partial charge in [0.15, 0.2) is 0 Å². The second-order valence-electron chi connectivity index (χ2n) is 9.34. The zero-order chi connectivity index (χ0) is 21.4. The highest BCUT2D eigenvalue weighted by atomic mass is 16.3. The minimum Gasteiger partial charge on any atom is -0.396 e. The smallest absolute Gasteiger partial charge is 0.0809 e. The predicted octanol–water partition coefficient (Wildman–Crippen LogP) is 5.71. The van der Waals surface area contributed by atoms with Gasteiger partial charge >= 0.3 is 0 Å². The Balaban J connectivity index is 0.00000145. The molecule has 0 heterocycles. The van der Waals surface area contributed by atoms with Crippen LogP contribution in [-0.4, -0.2) is 34.1 Å². The fourth-order valence-electron chi connectivity index (χ4n) is 5.92. The quantitative estimate of drug-likeness (QED) is 0.393. The maximum atomic E-state index is 10.1. The molecule has 3 nitrogen and oxygen atoms in total. The van der Waals surface area contributed by atoms with Gasteiger partial charge in [-0.2, -0.15) is 0 Å². The molecule has 0 aromatic carbocycles. The Morgan fingerprint density at radius 3 is 2.38 bits per heavy atom. The number of aliphatic hydroxyl groups is 3. The second-order valence-corrected chi connectivity index (χ2v) is 9.34. The van der Waals surface area contributed by atoms with Crippen molar-refractivity contribution in [3.8, 4) is 0 Å². The molecule has 0 saturated heterocycles. The van der Waals surface area contributed by atoms with Gasteiger partial charge in [0.2, 0.25) is 0 Å². The summed E-state index contributed by atoms with van der Waals surface area (Å²) in [4.78, 5) is 0. The number of fused-ring (bicyclic) bond motifs is 1. The molecule has 0 aromatic heterocycles. The molecule has 0 amide bonds. The molecule has 29 heavy (non-hydrogen) atoms. The topological polar surface area (TPSA) is 60.7 Å². The predicted molar refractivity (Wildman–Crippen MR) is 122 cm³/mol. The van der Waals surface area contributed by atoms with Crippen LogP contribution in [0.2, 0.25) is 0 Å². The number of unbranched alkanes of at least 4 members (excludes halogenated alkanes) is 2. The minimum atomic E-state index is -0.607. The Morgan fingerprint density at radius 1 is 1.03 bits per heavy atom. The van der Waals surface area contributed by atoms with Crippen molar-refractivity contribution < 1.29 is 15.3 Å². The van der Waals surface area contributed by atoms with Gasteiger partial charge < -0.3 is 15.3 Å². The van der Waals surface area contributed by atoms with Crippen molar-refractivity contribution in [2.45, 2.75) is 104 Å². The van der Waals surface area contributed by atoms with E-state index in [-0.39, 0.29) is 0 Å². The lowest BCUT2D eigenvalue weighted by Crippen LogP contribution is -2.33. The van der Waals surface area contributed by atoms with E-state index in [1.54, 1.807) is 5.57 Å². The highest BCUT2D eigenvalue weighted by Crippen LogP contribution is 2.58. The van der Waals surface area contributed by atoms with Gasteiger partial charge in [0.05, 0.1) is 12.2 Å². The van der Waals surface area contributed by atoms with Gasteiger partial charge in [0, 0.05) is 6.61 Å². The summed E-state index contributed by atoms with van der Waals surface area (Å²) in [5.74, 6) is 1.51. The number of rotatable bonds is 6. The van der Waals surface area contributed by atoms with E-state index in [1.807, 2.05) is 13.8 Å². The van der Waals surface area contributed by atoms with Crippen LogP contribution in [0.25, 0.3) is 0 Å². The molecule has 0 radical (unpaired) electrons. The molecule has 5 atom stereocenters. The number of allylic oxidation sites excluding steroid dienone is 3. The summed E-state index contributed by atoms with van der Waals surface area (Å²) in [6, 6.07) is 0. The van der Waals surface area contributed by atoms with Crippen LogP contribution in [0.1, 0.15) is 91.4 Å². The van der Waals surface area contributed by atoms with Crippen molar-refractivity contribution >= 4 is 0 Å². The van der Waals surface area contributed by atoms with Gasteiger partial charge in [0.1, 0.15) is 0 Å². The summed E-state index contributed by atoms with van der Waals surface area (Å²) in [6.07, 6.45) is 15.6. The van der Waals surface area contributed by atoms with Crippen LogP contribution >= 0.6 is 0 Å². The largest absolute Gasteiger partial charge is 0.396 e. The first-order chi connectivity index (χ1) is 14.0. The van der Waals surface area contributed by atoms with Crippen molar-refractivity contribution in [1.29, 1.82) is 0 Å². The Morgan fingerprint density at radius 2 is 1.72 bits per heavy atom. The molecular formula is C26H44O3. The molecule has 3 rings (SSSR count). The van der Waals surface area contributed by atoms with E-state index >= 15 is 0 Å². The van der Waals surface area contributed by atoms with Crippen molar-refractivity contribution in [3.63, 3.8) is 0 Å². The first-order valence-electron chi connectivity index (χ1n) is 12.0. The van der Waals surface area contributed by atoms with Gasteiger partial charge in [-0.05, 0) is 80.6 Å². The third kappa shape index (κ3) is 5.83. The fourth-order valence-corrected chi connectivity index (χ4v) is 5.92. The van der Waals surface area contributed by atoms with Gasteiger partial charge in [-0.25, -0.2) is 0 Å². The summed E-state index contributed by atoms with van der Waals surface area (Å²) in [5, 5.41) is 29.1. The molecule has 0 aromatic rings. The third-order valence-corrected chi connectivity index (χ3v) is 7.67. The van der Waals surface area contributed by atoms with E-state index in [9.17, 15) is 10.2 Å². The Hall–Kier alpha value is -0.900. The number of hydrogen-bond donors (Lipinski definition) is 3. The second kappa shape index (κ2) is 11.5. The average Bonchev–Trinajstić information content (AvgIpc) is 3.06. The molecule has 3 aliphatic carbocycles. The van der Waals surface area contributed by atoms with Gasteiger partial charge in [-0.3, -0.25) is 0 Å². The molecule has 3 aliphatic rings. The lowest BCUT2D eigenvalue weighted by molar-refractivity contribution is 0.123. The van der Waals surface area contributed by atoms with Crippen LogP contribution in [0.3, 0.4) is 0 Å². The number of aliphatic hydroxyl groups excluding tert-OH is 3. The van der Waals surface area contributed by atoms with Gasteiger partial charge in [0.25, 0.3) is 0 Å². The molecule has 0 aliphatic heterocycles. The standard InChI is InChI=1S/C24H38O3.C2H6/c1-17-22(26)15-18(16-23(17)27)9-10-19-7-6-13-24(2)20(11-12-21(19)24)8-4-3-5-14-25;1-2/h9-10,20-23,25-27H,1,3-8,11-16H2,2H3;1-2H3/b19-10+;/t20-,21-,22+,23+,24+;/m0./s1. The van der Waals surface area contributed by atoms with Crippen LogP contribution in [0.4, 0.5) is 0 Å². The zero-order valence-corrected chi connectivity index (χ0v) is 19.0. The highest BCUT2D eigenvalue weighted by Gasteiger charge is 2.48. The van der Waals surface area contributed by atoms with Crippen LogP contribution in [-0.2, 0) is 0 Å². The maximum Gasteiger partial charge on any atom is 0.0809 e. The minimum absolute atomic E-state index is 0.322. The first-order valence-corrected chi connectivity index (χ1v) is 12.0.